The molecule has 0 aliphatic carbocycles. The Kier molecular flexibility index (Phi) is 7.23. The number of nitrogens with two attached hydrogens (primary N) is 1. The number of hydrogen-bond acceptors (Lipinski definition) is 6. The molecule has 0 saturated carbocycles. The van der Waals surface area contributed by atoms with Crippen molar-refractivity contribution >= 4 is 24.2 Å². The van der Waals surface area contributed by atoms with Crippen LogP contribution < -0.4 is 11.1 Å². The lowest BCUT2D eigenvalue weighted by molar-refractivity contribution is -0.120. The number of H-pyrrole nitrogens is 1. The molecule has 1 amide bonds. The van der Waals surface area contributed by atoms with Crippen molar-refractivity contribution in [3.05, 3.63) is 48.0 Å². The van der Waals surface area contributed by atoms with Crippen molar-refractivity contribution in [2.75, 3.05) is 11.1 Å². The van der Waals surface area contributed by atoms with Crippen molar-refractivity contribution in [3.8, 4) is 22.5 Å². The number of amides is 1. The van der Waals surface area contributed by atoms with Crippen LogP contribution >= 0.6 is 12.6 Å². The van der Waals surface area contributed by atoms with Crippen molar-refractivity contribution in [2.45, 2.75) is 33.2 Å². The number of hydrogen-bond donors (Lipinski definition) is 4. The molecule has 0 spiro atoms. The van der Waals surface area contributed by atoms with Gasteiger partial charge in [-0.05, 0) is 40.0 Å². The van der Waals surface area contributed by atoms with Crippen LogP contribution in [0.25, 0.3) is 22.5 Å². The van der Waals surface area contributed by atoms with E-state index in [0.29, 0.717) is 17.3 Å². The smallest absolute Gasteiger partial charge is 0.228 e. The summed E-state index contributed by atoms with van der Waals surface area (Å²) in [6, 6.07) is 13.7. The lowest BCUT2D eigenvalue weighted by Crippen LogP contribution is -2.28. The molecule has 0 aliphatic heterocycles. The SMILES string of the molecule is CCC(N)c1ccc(-c2ccccc2-c2nnn[nH]2)c(NC(=O)C(CS)C(C)C)c1. The molecule has 0 aliphatic rings. The van der Waals surface area contributed by atoms with E-state index in [2.05, 4.69) is 38.6 Å². The van der Waals surface area contributed by atoms with E-state index in [1.165, 1.54) is 0 Å². The molecule has 4 N–H and O–H groups in total. The van der Waals surface area contributed by atoms with Gasteiger partial charge < -0.3 is 11.1 Å². The van der Waals surface area contributed by atoms with Gasteiger partial charge in [-0.3, -0.25) is 4.79 Å². The Balaban J connectivity index is 2.10. The molecule has 3 rings (SSSR count). The van der Waals surface area contributed by atoms with Gasteiger partial charge in [-0.2, -0.15) is 12.6 Å². The topological polar surface area (TPSA) is 110 Å². The van der Waals surface area contributed by atoms with Crippen LogP contribution in [0.1, 0.15) is 38.8 Å². The maximum Gasteiger partial charge on any atom is 0.228 e. The predicted octanol–water partition coefficient (Wildman–Crippen LogP) is 4.08. The lowest BCUT2D eigenvalue weighted by Gasteiger charge is -2.21. The highest BCUT2D eigenvalue weighted by Crippen LogP contribution is 2.36. The van der Waals surface area contributed by atoms with Gasteiger partial charge >= 0.3 is 0 Å². The van der Waals surface area contributed by atoms with Gasteiger partial charge in [0.15, 0.2) is 5.82 Å². The van der Waals surface area contributed by atoms with E-state index in [1.807, 2.05) is 63.2 Å². The van der Waals surface area contributed by atoms with Crippen LogP contribution in [0, 0.1) is 11.8 Å². The third-order valence-electron chi connectivity index (χ3n) is 5.33. The van der Waals surface area contributed by atoms with Crippen LogP contribution in [0.5, 0.6) is 0 Å². The third kappa shape index (κ3) is 4.71. The number of thiol groups is 1. The molecule has 30 heavy (non-hydrogen) atoms. The zero-order chi connectivity index (χ0) is 21.7. The van der Waals surface area contributed by atoms with Crippen LogP contribution in [0.4, 0.5) is 5.69 Å². The van der Waals surface area contributed by atoms with Gasteiger partial charge in [-0.1, -0.05) is 57.2 Å². The molecule has 3 aromatic rings. The molecule has 0 fully saturated rings. The molecule has 0 radical (unpaired) electrons. The van der Waals surface area contributed by atoms with Gasteiger partial charge in [0.1, 0.15) is 0 Å². The second kappa shape index (κ2) is 9.86. The number of aromatic nitrogens is 4. The number of benzene rings is 2. The first-order valence-corrected chi connectivity index (χ1v) is 10.7. The third-order valence-corrected chi connectivity index (χ3v) is 5.72. The van der Waals surface area contributed by atoms with E-state index >= 15 is 0 Å². The number of nitrogens with zero attached hydrogens (tertiary/aromatic N) is 3. The number of tetrazole rings is 1. The van der Waals surface area contributed by atoms with E-state index in [-0.39, 0.29) is 23.8 Å². The first-order chi connectivity index (χ1) is 14.5. The Morgan fingerprint density at radius 3 is 2.50 bits per heavy atom. The summed E-state index contributed by atoms with van der Waals surface area (Å²) < 4.78 is 0. The Morgan fingerprint density at radius 2 is 1.90 bits per heavy atom. The summed E-state index contributed by atoms with van der Waals surface area (Å²) in [6.45, 7) is 6.09. The molecule has 7 nitrogen and oxygen atoms in total. The van der Waals surface area contributed by atoms with Gasteiger partial charge in [-0.25, -0.2) is 5.10 Å². The number of rotatable bonds is 8. The van der Waals surface area contributed by atoms with Crippen molar-refractivity contribution in [1.29, 1.82) is 0 Å². The standard InChI is InChI=1S/C22H28N6OS/c1-4-19(23)14-9-10-16(20(11-14)24-22(29)18(12-30)13(2)3)15-7-5-6-8-17(15)21-25-27-28-26-21/h5-11,13,18-19,30H,4,12,23H2,1-3H3,(H,24,29)(H,25,26,27,28). The largest absolute Gasteiger partial charge is 0.325 e. The van der Waals surface area contributed by atoms with Crippen molar-refractivity contribution in [1.82, 2.24) is 20.6 Å². The Hall–Kier alpha value is -2.71. The molecule has 158 valence electrons. The first-order valence-electron chi connectivity index (χ1n) is 10.1. The van der Waals surface area contributed by atoms with Crippen molar-refractivity contribution < 1.29 is 4.79 Å². The second-order valence-electron chi connectivity index (χ2n) is 7.64. The van der Waals surface area contributed by atoms with E-state index in [4.69, 9.17) is 5.73 Å². The fraction of sp³-hybridized carbons (Fsp3) is 0.364. The zero-order valence-corrected chi connectivity index (χ0v) is 18.4. The summed E-state index contributed by atoms with van der Waals surface area (Å²) in [4.78, 5) is 13.0. The lowest BCUT2D eigenvalue weighted by atomic mass is 9.93. The quantitative estimate of drug-likeness (QED) is 0.407. The number of carbonyl (C=O) groups excluding carboxylic acids is 1. The van der Waals surface area contributed by atoms with E-state index in [9.17, 15) is 4.79 Å². The first kappa shape index (κ1) is 22.0. The van der Waals surface area contributed by atoms with Crippen LogP contribution in [0.3, 0.4) is 0 Å². The minimum atomic E-state index is -0.196. The minimum Gasteiger partial charge on any atom is -0.325 e. The summed E-state index contributed by atoms with van der Waals surface area (Å²) >= 11 is 4.37. The van der Waals surface area contributed by atoms with Crippen LogP contribution in [-0.4, -0.2) is 32.3 Å². The fourth-order valence-electron chi connectivity index (χ4n) is 3.39. The number of carbonyl (C=O) groups is 1. The molecule has 2 unspecified atom stereocenters. The molecule has 0 saturated heterocycles. The van der Waals surface area contributed by atoms with E-state index in [0.717, 1.165) is 28.7 Å². The highest BCUT2D eigenvalue weighted by molar-refractivity contribution is 7.80. The minimum absolute atomic E-state index is 0.0534. The van der Waals surface area contributed by atoms with Crippen molar-refractivity contribution in [3.63, 3.8) is 0 Å². The Labute approximate surface area is 182 Å². The zero-order valence-electron chi connectivity index (χ0n) is 17.5. The molecule has 8 heteroatoms. The number of nitrogens with one attached hydrogen (secondary N) is 2. The maximum atomic E-state index is 13.0. The molecule has 1 aromatic heterocycles. The average Bonchev–Trinajstić information content (AvgIpc) is 3.28. The summed E-state index contributed by atoms with van der Waals surface area (Å²) in [5.74, 6) is 0.973. The van der Waals surface area contributed by atoms with Gasteiger partial charge in [-0.15, -0.1) is 5.10 Å². The monoisotopic (exact) mass is 424 g/mol. The van der Waals surface area contributed by atoms with Crippen LogP contribution in [0.15, 0.2) is 42.5 Å². The second-order valence-corrected chi connectivity index (χ2v) is 8.00. The predicted molar refractivity (Wildman–Crippen MR) is 123 cm³/mol. The normalized spacial score (nSPS) is 13.3. The molecule has 0 bridgehead atoms. The number of aromatic amines is 1. The molecule has 2 atom stereocenters. The van der Waals surface area contributed by atoms with Crippen LogP contribution in [-0.2, 0) is 4.79 Å². The molecular weight excluding hydrogens is 396 g/mol. The van der Waals surface area contributed by atoms with Crippen molar-refractivity contribution in [2.24, 2.45) is 17.6 Å². The highest BCUT2D eigenvalue weighted by Gasteiger charge is 2.23. The maximum absolute atomic E-state index is 13.0. The summed E-state index contributed by atoms with van der Waals surface area (Å²) in [6.07, 6.45) is 0.804. The van der Waals surface area contributed by atoms with Crippen LogP contribution in [0.2, 0.25) is 0 Å². The van der Waals surface area contributed by atoms with Gasteiger partial charge in [0.05, 0.1) is 0 Å². The summed E-state index contributed by atoms with van der Waals surface area (Å²) in [5, 5.41) is 17.4. The molecule has 1 heterocycles. The fourth-order valence-corrected chi connectivity index (χ4v) is 3.97. The number of anilines is 1. The molecule has 2 aromatic carbocycles. The average molecular weight is 425 g/mol. The van der Waals surface area contributed by atoms with Gasteiger partial charge in [0.2, 0.25) is 5.91 Å². The van der Waals surface area contributed by atoms with E-state index < -0.39 is 0 Å². The van der Waals surface area contributed by atoms with Gasteiger partial charge in [0, 0.05) is 34.5 Å². The van der Waals surface area contributed by atoms with E-state index in [1.54, 1.807) is 0 Å². The van der Waals surface area contributed by atoms with Gasteiger partial charge in [0.25, 0.3) is 0 Å². The molecular formula is C22H28N6OS. The highest BCUT2D eigenvalue weighted by atomic mass is 32.1. The Morgan fingerprint density at radius 1 is 1.17 bits per heavy atom. The summed E-state index contributed by atoms with van der Waals surface area (Å²) in [7, 11) is 0. The summed E-state index contributed by atoms with van der Waals surface area (Å²) in [5.41, 5.74) is 10.6. The Bertz CT molecular complexity index is 989.